The molecule has 0 bridgehead atoms. The highest BCUT2D eigenvalue weighted by Gasteiger charge is 2.22. The second-order valence-electron chi connectivity index (χ2n) is 10.9. The number of pyridine rings is 1. The first-order valence-electron chi connectivity index (χ1n) is 14.9. The van der Waals surface area contributed by atoms with Crippen LogP contribution in [0.15, 0.2) is 170 Å². The second-order valence-corrected chi connectivity index (χ2v) is 10.9. The van der Waals surface area contributed by atoms with Gasteiger partial charge in [-0.05, 0) is 22.6 Å². The topological polar surface area (TPSA) is 29.9 Å². The van der Waals surface area contributed by atoms with Crippen LogP contribution in [0.5, 0.6) is 0 Å². The Labute approximate surface area is 256 Å². The van der Waals surface area contributed by atoms with E-state index in [4.69, 9.17) is 4.98 Å². The lowest BCUT2D eigenvalue weighted by molar-refractivity contribution is 1.01. The summed E-state index contributed by atoms with van der Waals surface area (Å²) in [5.74, 6) is 0.802. The Hall–Kier alpha value is -5.93. The fraction of sp³-hybridized carbons (Fsp3) is 0. The Bertz CT molecular complexity index is 2220. The van der Waals surface area contributed by atoms with Crippen LogP contribution in [0.4, 0.5) is 5.82 Å². The van der Waals surface area contributed by atoms with Crippen LogP contribution in [0.25, 0.3) is 66.4 Å². The summed E-state index contributed by atoms with van der Waals surface area (Å²) < 4.78 is 2.22. The van der Waals surface area contributed by atoms with Crippen LogP contribution < -0.4 is 5.43 Å². The van der Waals surface area contributed by atoms with Gasteiger partial charge in [-0.3, -0.25) is 10.1 Å². The SMILES string of the molecule is c1ccc(-c2nc(Nn3c(-c4ccccc4)c(-c4ccccc4)c4ccccc43)c3ccccc3c2-c2ccccc2)cc1. The summed E-state index contributed by atoms with van der Waals surface area (Å²) in [4.78, 5) is 5.43. The van der Waals surface area contributed by atoms with Crippen LogP contribution in [-0.2, 0) is 0 Å². The summed E-state index contributed by atoms with van der Waals surface area (Å²) in [7, 11) is 0. The number of anilines is 1. The average molecular weight is 564 g/mol. The Kier molecular flexibility index (Phi) is 6.47. The van der Waals surface area contributed by atoms with Gasteiger partial charge in [0.2, 0.25) is 0 Å². The summed E-state index contributed by atoms with van der Waals surface area (Å²) in [5.41, 5.74) is 13.8. The second kappa shape index (κ2) is 11.0. The number of fused-ring (bicyclic) bond motifs is 2. The number of rotatable bonds is 6. The van der Waals surface area contributed by atoms with Crippen molar-refractivity contribution in [3.05, 3.63) is 170 Å². The highest BCUT2D eigenvalue weighted by atomic mass is 15.4. The first-order chi connectivity index (χ1) is 21.9. The molecule has 0 aliphatic carbocycles. The summed E-state index contributed by atoms with van der Waals surface area (Å²) in [6, 6.07) is 59.5. The molecule has 0 amide bonds. The van der Waals surface area contributed by atoms with Crippen molar-refractivity contribution in [2.45, 2.75) is 0 Å². The lowest BCUT2D eigenvalue weighted by Gasteiger charge is -2.20. The Morgan fingerprint density at radius 1 is 0.386 bits per heavy atom. The molecule has 0 unspecified atom stereocenters. The predicted molar refractivity (Wildman–Crippen MR) is 184 cm³/mol. The molecule has 0 atom stereocenters. The van der Waals surface area contributed by atoms with E-state index in [0.717, 1.165) is 55.7 Å². The number of nitrogens with one attached hydrogen (secondary N) is 1. The van der Waals surface area contributed by atoms with Crippen molar-refractivity contribution < 1.29 is 0 Å². The molecule has 0 aliphatic rings. The molecule has 0 fully saturated rings. The van der Waals surface area contributed by atoms with Crippen molar-refractivity contribution in [1.29, 1.82) is 0 Å². The van der Waals surface area contributed by atoms with Crippen molar-refractivity contribution in [3.63, 3.8) is 0 Å². The molecule has 3 nitrogen and oxygen atoms in total. The number of para-hydroxylation sites is 1. The lowest BCUT2D eigenvalue weighted by Crippen LogP contribution is -2.13. The van der Waals surface area contributed by atoms with Gasteiger partial charge in [0, 0.05) is 33.0 Å². The monoisotopic (exact) mass is 563 g/mol. The molecule has 44 heavy (non-hydrogen) atoms. The molecule has 8 rings (SSSR count). The molecule has 0 spiro atoms. The molecule has 0 radical (unpaired) electrons. The zero-order valence-corrected chi connectivity index (χ0v) is 24.1. The minimum absolute atomic E-state index is 0.802. The van der Waals surface area contributed by atoms with Gasteiger partial charge in [-0.2, -0.15) is 0 Å². The quantitative estimate of drug-likeness (QED) is 0.218. The number of hydrogen-bond acceptors (Lipinski definition) is 2. The van der Waals surface area contributed by atoms with E-state index in [-0.39, 0.29) is 0 Å². The smallest absolute Gasteiger partial charge is 0.153 e. The van der Waals surface area contributed by atoms with E-state index in [1.54, 1.807) is 0 Å². The van der Waals surface area contributed by atoms with E-state index in [1.165, 1.54) is 16.5 Å². The third-order valence-corrected chi connectivity index (χ3v) is 8.22. The van der Waals surface area contributed by atoms with Gasteiger partial charge in [0.05, 0.1) is 16.9 Å². The molecule has 2 heterocycles. The minimum Gasteiger partial charge on any atom is -0.276 e. The standard InChI is InChI=1S/C41H29N3/c1-5-17-29(18-6-1)37-33-25-13-14-26-34(33)41(42-39(37)31-21-9-3-10-22-31)43-44-36-28-16-15-27-35(36)38(30-19-7-2-8-20-30)40(44)32-23-11-4-12-24-32/h1-28H,(H,42,43). The summed E-state index contributed by atoms with van der Waals surface area (Å²) in [6.45, 7) is 0. The van der Waals surface area contributed by atoms with Crippen LogP contribution in [-0.4, -0.2) is 9.66 Å². The van der Waals surface area contributed by atoms with Crippen molar-refractivity contribution in [2.75, 3.05) is 5.43 Å². The van der Waals surface area contributed by atoms with Gasteiger partial charge in [-0.1, -0.05) is 164 Å². The highest BCUT2D eigenvalue weighted by molar-refractivity contribution is 6.08. The van der Waals surface area contributed by atoms with E-state index >= 15 is 0 Å². The van der Waals surface area contributed by atoms with Crippen molar-refractivity contribution in [2.24, 2.45) is 0 Å². The first-order valence-corrected chi connectivity index (χ1v) is 14.9. The van der Waals surface area contributed by atoms with E-state index < -0.39 is 0 Å². The number of hydrogen-bond donors (Lipinski definition) is 1. The first kappa shape index (κ1) is 25.8. The fourth-order valence-electron chi connectivity index (χ4n) is 6.28. The van der Waals surface area contributed by atoms with Crippen LogP contribution in [0, 0.1) is 0 Å². The summed E-state index contributed by atoms with van der Waals surface area (Å²) in [6.07, 6.45) is 0. The van der Waals surface area contributed by atoms with Gasteiger partial charge in [0.25, 0.3) is 0 Å². The minimum atomic E-state index is 0.802. The maximum atomic E-state index is 5.43. The van der Waals surface area contributed by atoms with Gasteiger partial charge in [0.15, 0.2) is 5.82 Å². The molecule has 0 aliphatic heterocycles. The number of aromatic nitrogens is 2. The number of benzene rings is 6. The van der Waals surface area contributed by atoms with Gasteiger partial charge in [-0.25, -0.2) is 4.98 Å². The van der Waals surface area contributed by atoms with Gasteiger partial charge < -0.3 is 0 Å². The Balaban J connectivity index is 1.44. The van der Waals surface area contributed by atoms with Crippen molar-refractivity contribution in [1.82, 2.24) is 9.66 Å². The third-order valence-electron chi connectivity index (χ3n) is 8.22. The van der Waals surface area contributed by atoms with Crippen LogP contribution in [0.2, 0.25) is 0 Å². The van der Waals surface area contributed by atoms with E-state index in [2.05, 4.69) is 180 Å². The van der Waals surface area contributed by atoms with Gasteiger partial charge in [-0.15, -0.1) is 0 Å². The van der Waals surface area contributed by atoms with E-state index in [9.17, 15) is 0 Å². The molecule has 0 saturated heterocycles. The fourth-order valence-corrected chi connectivity index (χ4v) is 6.28. The summed E-state index contributed by atoms with van der Waals surface area (Å²) >= 11 is 0. The van der Waals surface area contributed by atoms with Gasteiger partial charge >= 0.3 is 0 Å². The molecule has 6 aromatic carbocycles. The third kappa shape index (κ3) is 4.43. The largest absolute Gasteiger partial charge is 0.276 e. The van der Waals surface area contributed by atoms with E-state index in [0.29, 0.717) is 0 Å². The van der Waals surface area contributed by atoms with E-state index in [1.807, 2.05) is 0 Å². The zero-order chi connectivity index (χ0) is 29.3. The molecule has 2 aromatic heterocycles. The molecule has 8 aromatic rings. The van der Waals surface area contributed by atoms with Gasteiger partial charge in [0.1, 0.15) is 0 Å². The van der Waals surface area contributed by atoms with Crippen molar-refractivity contribution >= 4 is 27.5 Å². The molecule has 1 N–H and O–H groups in total. The van der Waals surface area contributed by atoms with Crippen LogP contribution in [0.3, 0.4) is 0 Å². The Morgan fingerprint density at radius 2 is 0.841 bits per heavy atom. The van der Waals surface area contributed by atoms with Crippen molar-refractivity contribution in [3.8, 4) is 44.8 Å². The predicted octanol–water partition coefficient (Wildman–Crippen LogP) is 10.7. The zero-order valence-electron chi connectivity index (χ0n) is 24.1. The maximum Gasteiger partial charge on any atom is 0.153 e. The van der Waals surface area contributed by atoms with Crippen LogP contribution in [0.1, 0.15) is 0 Å². The number of nitrogens with zero attached hydrogens (tertiary/aromatic N) is 2. The normalized spacial score (nSPS) is 11.2. The highest BCUT2D eigenvalue weighted by Crippen LogP contribution is 2.43. The molecule has 208 valence electrons. The Morgan fingerprint density at radius 3 is 1.45 bits per heavy atom. The molecular weight excluding hydrogens is 534 g/mol. The molecule has 0 saturated carbocycles. The maximum absolute atomic E-state index is 5.43. The van der Waals surface area contributed by atoms with Crippen LogP contribution >= 0.6 is 0 Å². The lowest BCUT2D eigenvalue weighted by atomic mass is 9.94. The molecule has 3 heteroatoms. The summed E-state index contributed by atoms with van der Waals surface area (Å²) in [5, 5.41) is 3.39. The molecular formula is C41H29N3. The average Bonchev–Trinajstić information content (AvgIpc) is 3.43.